The van der Waals surface area contributed by atoms with Crippen LogP contribution in [0, 0.1) is 5.82 Å². The number of amides is 1. The highest BCUT2D eigenvalue weighted by Crippen LogP contribution is 2.38. The van der Waals surface area contributed by atoms with E-state index in [1.54, 1.807) is 6.20 Å². The third-order valence-electron chi connectivity index (χ3n) is 5.55. The van der Waals surface area contributed by atoms with Gasteiger partial charge in [-0.25, -0.2) is 9.37 Å². The number of nitrogens with two attached hydrogens (primary N) is 1. The minimum Gasteiger partial charge on any atom is -0.363 e. The Morgan fingerprint density at radius 2 is 2.18 bits per heavy atom. The highest BCUT2D eigenvalue weighted by Gasteiger charge is 2.32. The average Bonchev–Trinajstić information content (AvgIpc) is 3.30. The molecule has 2 aliphatic rings. The molecule has 5 rings (SSSR count). The third kappa shape index (κ3) is 2.84. The number of thiophene rings is 1. The van der Waals surface area contributed by atoms with Gasteiger partial charge in [-0.2, -0.15) is 0 Å². The lowest BCUT2D eigenvalue weighted by molar-refractivity contribution is 0.0966. The van der Waals surface area contributed by atoms with Gasteiger partial charge in [-0.15, -0.1) is 11.3 Å². The van der Waals surface area contributed by atoms with Gasteiger partial charge in [0, 0.05) is 30.4 Å². The van der Waals surface area contributed by atoms with Gasteiger partial charge in [0.2, 0.25) is 0 Å². The second-order valence-corrected chi connectivity index (χ2v) is 8.44. The van der Waals surface area contributed by atoms with Gasteiger partial charge in [0.15, 0.2) is 11.6 Å². The largest absolute Gasteiger partial charge is 0.363 e. The number of hydrogen-bond donors (Lipinski definition) is 3. The molecule has 2 unspecified atom stereocenters. The van der Waals surface area contributed by atoms with E-state index in [0.717, 1.165) is 40.8 Å². The SMILES string of the molecule is NC1CCCCC1Nc1nc(-c2cc3ncccc3s2)c2c(c1F)CNC2=O. The molecular formula is C20H20FN5OS. The lowest BCUT2D eigenvalue weighted by atomic mass is 9.91. The van der Waals surface area contributed by atoms with Crippen LogP contribution in [-0.2, 0) is 6.54 Å². The standard InChI is InChI=1S/C20H20FN5OS/c21-17-10-9-24-20(27)16(10)18(15-8-13-14(28-15)6-3-7-23-13)26-19(17)25-12-5-2-1-4-11(12)22/h3,6-8,11-12H,1-2,4-5,9,22H2,(H,24,27)(H,25,26). The molecule has 1 amide bonds. The second-order valence-electron chi connectivity index (χ2n) is 7.36. The Kier molecular flexibility index (Phi) is 4.25. The molecule has 0 radical (unpaired) electrons. The third-order valence-corrected chi connectivity index (χ3v) is 6.65. The molecular weight excluding hydrogens is 377 g/mol. The van der Waals surface area contributed by atoms with E-state index in [0.29, 0.717) is 16.8 Å². The number of hydrogen-bond acceptors (Lipinski definition) is 6. The monoisotopic (exact) mass is 397 g/mol. The lowest BCUT2D eigenvalue weighted by Crippen LogP contribution is -2.43. The molecule has 3 aromatic rings. The molecule has 28 heavy (non-hydrogen) atoms. The molecule has 8 heteroatoms. The molecule has 0 bridgehead atoms. The van der Waals surface area contributed by atoms with Crippen molar-refractivity contribution in [2.24, 2.45) is 5.73 Å². The van der Waals surface area contributed by atoms with Crippen molar-refractivity contribution in [3.8, 4) is 10.6 Å². The number of carbonyl (C=O) groups is 1. The molecule has 1 saturated carbocycles. The Morgan fingerprint density at radius 1 is 1.32 bits per heavy atom. The fraction of sp³-hybridized carbons (Fsp3) is 0.350. The molecule has 4 N–H and O–H groups in total. The van der Waals surface area contributed by atoms with Crippen LogP contribution >= 0.6 is 11.3 Å². The summed E-state index contributed by atoms with van der Waals surface area (Å²) in [7, 11) is 0. The van der Waals surface area contributed by atoms with Crippen LogP contribution in [0.1, 0.15) is 41.6 Å². The maximum Gasteiger partial charge on any atom is 0.254 e. The Morgan fingerprint density at radius 3 is 3.00 bits per heavy atom. The van der Waals surface area contributed by atoms with Gasteiger partial charge in [0.25, 0.3) is 5.91 Å². The van der Waals surface area contributed by atoms with Gasteiger partial charge in [-0.3, -0.25) is 9.78 Å². The normalized spacial score (nSPS) is 21.6. The predicted octanol–water partition coefficient (Wildman–Crippen LogP) is 3.42. The molecule has 2 atom stereocenters. The van der Waals surface area contributed by atoms with Crippen LogP contribution in [0.3, 0.4) is 0 Å². The van der Waals surface area contributed by atoms with Crippen molar-refractivity contribution >= 4 is 33.3 Å². The predicted molar refractivity (Wildman–Crippen MR) is 108 cm³/mol. The summed E-state index contributed by atoms with van der Waals surface area (Å²) in [6, 6.07) is 5.70. The van der Waals surface area contributed by atoms with Crippen molar-refractivity contribution in [1.29, 1.82) is 0 Å². The topological polar surface area (TPSA) is 92.9 Å². The van der Waals surface area contributed by atoms with Crippen molar-refractivity contribution in [2.75, 3.05) is 5.32 Å². The quantitative estimate of drug-likeness (QED) is 0.630. The molecule has 6 nitrogen and oxygen atoms in total. The summed E-state index contributed by atoms with van der Waals surface area (Å²) >= 11 is 1.50. The highest BCUT2D eigenvalue weighted by atomic mass is 32.1. The van der Waals surface area contributed by atoms with Crippen molar-refractivity contribution in [2.45, 2.75) is 44.3 Å². The number of carbonyl (C=O) groups excluding carboxylic acids is 1. The molecule has 144 valence electrons. The zero-order chi connectivity index (χ0) is 19.3. The first-order valence-electron chi connectivity index (χ1n) is 9.49. The van der Waals surface area contributed by atoms with Crippen LogP contribution in [0.4, 0.5) is 10.2 Å². The number of nitrogens with zero attached hydrogens (tertiary/aromatic N) is 2. The molecule has 1 fully saturated rings. The van der Waals surface area contributed by atoms with Gasteiger partial charge in [-0.05, 0) is 31.0 Å². The minimum absolute atomic E-state index is 0.0178. The summed E-state index contributed by atoms with van der Waals surface area (Å²) in [5.74, 6) is -0.574. The van der Waals surface area contributed by atoms with Crippen LogP contribution in [0.15, 0.2) is 24.4 Å². The Bertz CT molecular complexity index is 1050. The summed E-state index contributed by atoms with van der Waals surface area (Å²) in [5.41, 5.74) is 8.25. The number of pyridine rings is 2. The molecule has 3 aromatic heterocycles. The minimum atomic E-state index is -0.464. The number of nitrogens with one attached hydrogen (secondary N) is 2. The first-order valence-corrected chi connectivity index (χ1v) is 10.3. The van der Waals surface area contributed by atoms with E-state index in [9.17, 15) is 4.79 Å². The Hall–Kier alpha value is -2.58. The first kappa shape index (κ1) is 17.5. The number of halogens is 1. The van der Waals surface area contributed by atoms with Gasteiger partial charge < -0.3 is 16.4 Å². The van der Waals surface area contributed by atoms with E-state index < -0.39 is 5.82 Å². The zero-order valence-corrected chi connectivity index (χ0v) is 16.0. The van der Waals surface area contributed by atoms with Crippen molar-refractivity contribution in [3.63, 3.8) is 0 Å². The van der Waals surface area contributed by atoms with Crippen LogP contribution in [-0.4, -0.2) is 28.0 Å². The summed E-state index contributed by atoms with van der Waals surface area (Å²) in [5, 5.41) is 5.95. The van der Waals surface area contributed by atoms with Gasteiger partial charge in [0.05, 0.1) is 26.4 Å². The number of fused-ring (bicyclic) bond motifs is 2. The van der Waals surface area contributed by atoms with Crippen molar-refractivity contribution in [3.05, 3.63) is 41.3 Å². The number of anilines is 1. The van der Waals surface area contributed by atoms with Gasteiger partial charge >= 0.3 is 0 Å². The average molecular weight is 397 g/mol. The first-order chi connectivity index (χ1) is 13.6. The summed E-state index contributed by atoms with van der Waals surface area (Å²) in [6.07, 6.45) is 5.69. The molecule has 0 aromatic carbocycles. The van der Waals surface area contributed by atoms with E-state index in [1.165, 1.54) is 11.3 Å². The Balaban J connectivity index is 1.63. The van der Waals surface area contributed by atoms with Crippen LogP contribution in [0.25, 0.3) is 20.8 Å². The lowest BCUT2D eigenvalue weighted by Gasteiger charge is -2.30. The van der Waals surface area contributed by atoms with E-state index in [-0.39, 0.29) is 30.4 Å². The molecule has 4 heterocycles. The van der Waals surface area contributed by atoms with Crippen molar-refractivity contribution < 1.29 is 9.18 Å². The van der Waals surface area contributed by atoms with Crippen molar-refractivity contribution in [1.82, 2.24) is 15.3 Å². The maximum atomic E-state index is 15.2. The zero-order valence-electron chi connectivity index (χ0n) is 15.2. The highest BCUT2D eigenvalue weighted by molar-refractivity contribution is 7.22. The van der Waals surface area contributed by atoms with Gasteiger partial charge in [-0.1, -0.05) is 12.8 Å². The van der Waals surface area contributed by atoms with E-state index in [2.05, 4.69) is 20.6 Å². The number of rotatable bonds is 3. The summed E-state index contributed by atoms with van der Waals surface area (Å²) in [4.78, 5) is 22.1. The van der Waals surface area contributed by atoms with E-state index in [4.69, 9.17) is 5.73 Å². The summed E-state index contributed by atoms with van der Waals surface area (Å²) in [6.45, 7) is 0.171. The second kappa shape index (κ2) is 6.79. The van der Waals surface area contributed by atoms with E-state index >= 15 is 4.39 Å². The summed E-state index contributed by atoms with van der Waals surface area (Å²) < 4.78 is 16.2. The van der Waals surface area contributed by atoms with E-state index in [1.807, 2.05) is 18.2 Å². The number of aromatic nitrogens is 2. The van der Waals surface area contributed by atoms with Crippen LogP contribution in [0.5, 0.6) is 0 Å². The molecule has 1 aliphatic heterocycles. The smallest absolute Gasteiger partial charge is 0.254 e. The molecule has 1 aliphatic carbocycles. The molecule has 0 saturated heterocycles. The van der Waals surface area contributed by atoms with Gasteiger partial charge in [0.1, 0.15) is 0 Å². The Labute approximate surface area is 165 Å². The van der Waals surface area contributed by atoms with Crippen LogP contribution < -0.4 is 16.4 Å². The fourth-order valence-corrected chi connectivity index (χ4v) is 5.07. The fourth-order valence-electron chi connectivity index (χ4n) is 4.05. The van der Waals surface area contributed by atoms with Crippen LogP contribution in [0.2, 0.25) is 0 Å². The molecule has 0 spiro atoms. The maximum absolute atomic E-state index is 15.2.